The Morgan fingerprint density at radius 1 is 1.00 bits per heavy atom. The van der Waals surface area contributed by atoms with Gasteiger partial charge in [-0.15, -0.1) is 0 Å². The van der Waals surface area contributed by atoms with Crippen molar-refractivity contribution in [2.24, 2.45) is 0 Å². The number of carbonyl (C=O) groups is 1. The second-order valence-electron chi connectivity index (χ2n) is 6.31. The van der Waals surface area contributed by atoms with Crippen LogP contribution in [0.15, 0.2) is 73.1 Å². The van der Waals surface area contributed by atoms with Crippen LogP contribution >= 0.6 is 0 Å². The molecule has 1 heterocycles. The molecular weight excluding hydrogens is 354 g/mol. The van der Waals surface area contributed by atoms with Gasteiger partial charge in [-0.25, -0.2) is 0 Å². The fourth-order valence-electron chi connectivity index (χ4n) is 2.71. The Bertz CT molecular complexity index is 916. The minimum atomic E-state index is -0.214. The summed E-state index contributed by atoms with van der Waals surface area (Å²) in [6, 6.07) is 18.3. The summed E-state index contributed by atoms with van der Waals surface area (Å²) in [5, 5.41) is 6.30. The fraction of sp³-hybridized carbons (Fsp3) is 0.182. The summed E-state index contributed by atoms with van der Waals surface area (Å²) in [4.78, 5) is 16.7. The predicted octanol–water partition coefficient (Wildman–Crippen LogP) is 4.57. The van der Waals surface area contributed by atoms with Crippen molar-refractivity contribution in [1.82, 2.24) is 4.98 Å². The zero-order chi connectivity index (χ0) is 19.8. The summed E-state index contributed by atoms with van der Waals surface area (Å²) in [7, 11) is 1.66. The van der Waals surface area contributed by atoms with Crippen LogP contribution in [-0.2, 0) is 4.74 Å². The van der Waals surface area contributed by atoms with Crippen LogP contribution in [0.25, 0.3) is 0 Å². The molecule has 28 heavy (non-hydrogen) atoms. The van der Waals surface area contributed by atoms with E-state index in [1.54, 1.807) is 55.9 Å². The molecule has 0 fully saturated rings. The predicted molar refractivity (Wildman–Crippen MR) is 110 cm³/mol. The summed E-state index contributed by atoms with van der Waals surface area (Å²) in [5.41, 5.74) is 2.05. The zero-order valence-corrected chi connectivity index (χ0v) is 15.9. The summed E-state index contributed by atoms with van der Waals surface area (Å²) in [6.45, 7) is 2.58. The number of hydrogen-bond acceptors (Lipinski definition) is 5. The van der Waals surface area contributed by atoms with E-state index in [0.29, 0.717) is 29.4 Å². The molecule has 0 aliphatic heterocycles. The van der Waals surface area contributed by atoms with Gasteiger partial charge in [0.1, 0.15) is 11.5 Å². The number of ether oxygens (including phenoxy) is 2. The van der Waals surface area contributed by atoms with Crippen LogP contribution in [0.4, 0.5) is 11.4 Å². The normalized spacial score (nSPS) is 11.5. The maximum Gasteiger partial charge on any atom is 0.255 e. The van der Waals surface area contributed by atoms with E-state index in [0.717, 1.165) is 5.69 Å². The standard InChI is InChI=1S/C22H23N3O3/c1-16(15-27-2)24-20-8-3-4-9-21(20)25-22(26)17-6-5-7-19(14-17)28-18-10-12-23-13-11-18/h3-14,16,24H,15H2,1-2H3,(H,25,26)/t16-/m0/s1. The number of anilines is 2. The molecule has 0 bridgehead atoms. The number of aromatic nitrogens is 1. The molecule has 1 atom stereocenters. The van der Waals surface area contributed by atoms with Crippen molar-refractivity contribution in [3.63, 3.8) is 0 Å². The molecule has 0 radical (unpaired) electrons. The molecule has 3 aromatic rings. The Kier molecular flexibility index (Phi) is 6.59. The van der Waals surface area contributed by atoms with E-state index in [9.17, 15) is 4.79 Å². The average molecular weight is 377 g/mol. The van der Waals surface area contributed by atoms with E-state index in [-0.39, 0.29) is 11.9 Å². The number of nitrogens with zero attached hydrogens (tertiary/aromatic N) is 1. The monoisotopic (exact) mass is 377 g/mol. The Morgan fingerprint density at radius 3 is 2.50 bits per heavy atom. The van der Waals surface area contributed by atoms with Gasteiger partial charge in [-0.05, 0) is 49.4 Å². The lowest BCUT2D eigenvalue weighted by atomic mass is 10.2. The van der Waals surface area contributed by atoms with Crippen LogP contribution in [0.3, 0.4) is 0 Å². The van der Waals surface area contributed by atoms with Crippen molar-refractivity contribution >= 4 is 17.3 Å². The van der Waals surface area contributed by atoms with E-state index < -0.39 is 0 Å². The lowest BCUT2D eigenvalue weighted by Crippen LogP contribution is -2.22. The Balaban J connectivity index is 1.72. The third-order valence-corrected chi connectivity index (χ3v) is 3.98. The molecule has 3 rings (SSSR count). The molecular formula is C22H23N3O3. The first-order chi connectivity index (χ1) is 13.7. The van der Waals surface area contributed by atoms with Crippen molar-refractivity contribution in [3.05, 3.63) is 78.6 Å². The third kappa shape index (κ3) is 5.31. The van der Waals surface area contributed by atoms with Crippen molar-refractivity contribution in [3.8, 4) is 11.5 Å². The second kappa shape index (κ2) is 9.53. The molecule has 2 N–H and O–H groups in total. The number of methoxy groups -OCH3 is 1. The van der Waals surface area contributed by atoms with Crippen LogP contribution in [0.2, 0.25) is 0 Å². The van der Waals surface area contributed by atoms with E-state index in [1.807, 2.05) is 31.2 Å². The van der Waals surface area contributed by atoms with Gasteiger partial charge in [0.25, 0.3) is 5.91 Å². The highest BCUT2D eigenvalue weighted by molar-refractivity contribution is 6.06. The molecule has 2 aromatic carbocycles. The van der Waals surface area contributed by atoms with E-state index >= 15 is 0 Å². The van der Waals surface area contributed by atoms with Crippen LogP contribution < -0.4 is 15.4 Å². The first-order valence-corrected chi connectivity index (χ1v) is 8.99. The number of benzene rings is 2. The van der Waals surface area contributed by atoms with E-state index in [1.165, 1.54) is 0 Å². The Morgan fingerprint density at radius 2 is 1.75 bits per heavy atom. The van der Waals surface area contributed by atoms with Crippen LogP contribution in [0, 0.1) is 0 Å². The first-order valence-electron chi connectivity index (χ1n) is 8.99. The minimum Gasteiger partial charge on any atom is -0.457 e. The van der Waals surface area contributed by atoms with Crippen molar-refractivity contribution in [2.45, 2.75) is 13.0 Å². The van der Waals surface area contributed by atoms with E-state index in [2.05, 4.69) is 15.6 Å². The quantitative estimate of drug-likeness (QED) is 0.601. The van der Waals surface area contributed by atoms with Gasteiger partial charge in [0.05, 0.1) is 18.0 Å². The Labute approximate surface area is 164 Å². The smallest absolute Gasteiger partial charge is 0.255 e. The summed E-state index contributed by atoms with van der Waals surface area (Å²) >= 11 is 0. The number of para-hydroxylation sites is 2. The van der Waals surface area contributed by atoms with Gasteiger partial charge in [-0.3, -0.25) is 9.78 Å². The lowest BCUT2D eigenvalue weighted by Gasteiger charge is -2.18. The maximum atomic E-state index is 12.8. The summed E-state index contributed by atoms with van der Waals surface area (Å²) < 4.78 is 10.9. The topological polar surface area (TPSA) is 72.5 Å². The van der Waals surface area contributed by atoms with Crippen molar-refractivity contribution < 1.29 is 14.3 Å². The maximum absolute atomic E-state index is 12.8. The zero-order valence-electron chi connectivity index (χ0n) is 15.9. The molecule has 6 nitrogen and oxygen atoms in total. The van der Waals surface area contributed by atoms with Gasteiger partial charge in [-0.1, -0.05) is 18.2 Å². The molecule has 6 heteroatoms. The van der Waals surface area contributed by atoms with Gasteiger partial charge in [-0.2, -0.15) is 0 Å². The fourth-order valence-corrected chi connectivity index (χ4v) is 2.71. The SMILES string of the molecule is COC[C@H](C)Nc1ccccc1NC(=O)c1cccc(Oc2ccncc2)c1. The largest absolute Gasteiger partial charge is 0.457 e. The van der Waals surface area contributed by atoms with Gasteiger partial charge in [0, 0.05) is 31.1 Å². The molecule has 1 aromatic heterocycles. The molecule has 0 unspecified atom stereocenters. The van der Waals surface area contributed by atoms with E-state index in [4.69, 9.17) is 9.47 Å². The molecule has 144 valence electrons. The Hall–Kier alpha value is -3.38. The second-order valence-corrected chi connectivity index (χ2v) is 6.31. The van der Waals surface area contributed by atoms with Gasteiger partial charge in [0.2, 0.25) is 0 Å². The first kappa shape index (κ1) is 19.4. The number of amides is 1. The third-order valence-electron chi connectivity index (χ3n) is 3.98. The van der Waals surface area contributed by atoms with Gasteiger partial charge < -0.3 is 20.1 Å². The van der Waals surface area contributed by atoms with Crippen molar-refractivity contribution in [2.75, 3.05) is 24.4 Å². The minimum absolute atomic E-state index is 0.111. The highest BCUT2D eigenvalue weighted by Gasteiger charge is 2.11. The lowest BCUT2D eigenvalue weighted by molar-refractivity contribution is 0.102. The molecule has 0 aliphatic carbocycles. The molecule has 0 aliphatic rings. The highest BCUT2D eigenvalue weighted by atomic mass is 16.5. The number of nitrogens with one attached hydrogen (secondary N) is 2. The van der Waals surface area contributed by atoms with Crippen LogP contribution in [0.5, 0.6) is 11.5 Å². The number of pyridine rings is 1. The summed E-state index contributed by atoms with van der Waals surface area (Å²) in [5.74, 6) is 1.03. The molecule has 1 amide bonds. The van der Waals surface area contributed by atoms with Crippen LogP contribution in [0.1, 0.15) is 17.3 Å². The number of carbonyl (C=O) groups excluding carboxylic acids is 1. The van der Waals surface area contributed by atoms with Gasteiger partial charge in [0.15, 0.2) is 0 Å². The highest BCUT2D eigenvalue weighted by Crippen LogP contribution is 2.25. The molecule has 0 saturated heterocycles. The van der Waals surface area contributed by atoms with Crippen LogP contribution in [-0.4, -0.2) is 30.6 Å². The number of rotatable bonds is 8. The average Bonchev–Trinajstić information content (AvgIpc) is 2.70. The van der Waals surface area contributed by atoms with Gasteiger partial charge >= 0.3 is 0 Å². The summed E-state index contributed by atoms with van der Waals surface area (Å²) in [6.07, 6.45) is 3.31. The van der Waals surface area contributed by atoms with Crippen molar-refractivity contribution in [1.29, 1.82) is 0 Å². The number of hydrogen-bond donors (Lipinski definition) is 2. The molecule has 0 spiro atoms. The molecule has 0 saturated carbocycles.